The van der Waals surface area contributed by atoms with Crippen LogP contribution in [0, 0.1) is 5.41 Å². The molecule has 130 valence electrons. The van der Waals surface area contributed by atoms with Crippen LogP contribution in [0.15, 0.2) is 29.6 Å². The Kier molecular flexibility index (Phi) is 4.35. The van der Waals surface area contributed by atoms with Crippen molar-refractivity contribution in [2.24, 2.45) is 5.41 Å². The van der Waals surface area contributed by atoms with E-state index in [0.717, 1.165) is 32.2 Å². The molecule has 0 atom stereocenters. The minimum Gasteiger partial charge on any atom is -0.350 e. The van der Waals surface area contributed by atoms with Crippen molar-refractivity contribution >= 4 is 21.3 Å². The van der Waals surface area contributed by atoms with Gasteiger partial charge in [0.15, 0.2) is 5.69 Å². The molecule has 0 spiro atoms. The highest BCUT2D eigenvalue weighted by Gasteiger charge is 2.28. The quantitative estimate of drug-likeness (QED) is 0.853. The number of nitrogens with zero attached hydrogens (tertiary/aromatic N) is 2. The summed E-state index contributed by atoms with van der Waals surface area (Å²) in [6.07, 6.45) is 4.67. The second-order valence-corrected chi connectivity index (χ2v) is 8.62. The monoisotopic (exact) mass is 350 g/mol. The Labute approximate surface area is 141 Å². The first-order valence-corrected chi connectivity index (χ1v) is 9.85. The van der Waals surface area contributed by atoms with E-state index in [-0.39, 0.29) is 22.2 Å². The maximum Gasteiger partial charge on any atom is 0.272 e. The molecular formula is C16H22N4O3S. The molecule has 1 aliphatic rings. The Morgan fingerprint density at radius 2 is 2.08 bits per heavy atom. The standard InChI is InChI=1S/C16H22N4O3S/c1-16(6-8-17-9-7-16)11-18-14(21)13-12-5-3-4-10-20(12)15(19-13)24(2,22)23/h3-5,10,17H,6-9,11H2,1-2H3,(H,18,21). The fourth-order valence-corrected chi connectivity index (χ4v) is 3.80. The summed E-state index contributed by atoms with van der Waals surface area (Å²) in [6, 6.07) is 5.16. The number of hydrogen-bond donors (Lipinski definition) is 2. The Bertz CT molecular complexity index is 867. The summed E-state index contributed by atoms with van der Waals surface area (Å²) in [5, 5.41) is 6.12. The molecule has 0 aliphatic carbocycles. The lowest BCUT2D eigenvalue weighted by atomic mass is 9.81. The summed E-state index contributed by atoms with van der Waals surface area (Å²) in [4.78, 5) is 16.7. The van der Waals surface area contributed by atoms with Gasteiger partial charge in [-0.3, -0.25) is 9.20 Å². The van der Waals surface area contributed by atoms with Gasteiger partial charge in [-0.15, -0.1) is 0 Å². The molecule has 1 amide bonds. The van der Waals surface area contributed by atoms with Crippen LogP contribution < -0.4 is 10.6 Å². The highest BCUT2D eigenvalue weighted by atomic mass is 32.2. The molecular weight excluding hydrogens is 328 g/mol. The summed E-state index contributed by atoms with van der Waals surface area (Å²) in [5.74, 6) is -0.339. The number of fused-ring (bicyclic) bond motifs is 1. The number of piperidine rings is 1. The number of carbonyl (C=O) groups is 1. The Morgan fingerprint density at radius 1 is 1.38 bits per heavy atom. The molecule has 7 nitrogen and oxygen atoms in total. The Balaban J connectivity index is 1.87. The predicted octanol–water partition coefficient (Wildman–Crippen LogP) is 0.857. The van der Waals surface area contributed by atoms with E-state index >= 15 is 0 Å². The summed E-state index contributed by atoms with van der Waals surface area (Å²) < 4.78 is 25.3. The van der Waals surface area contributed by atoms with Crippen molar-refractivity contribution in [2.75, 3.05) is 25.9 Å². The normalized spacial score (nSPS) is 17.8. The van der Waals surface area contributed by atoms with Crippen LogP contribution in [0.3, 0.4) is 0 Å². The number of sulfone groups is 1. The third-order valence-corrected chi connectivity index (χ3v) is 5.50. The van der Waals surface area contributed by atoms with Crippen molar-refractivity contribution in [3.05, 3.63) is 30.1 Å². The maximum absolute atomic E-state index is 12.6. The van der Waals surface area contributed by atoms with Gasteiger partial charge in [-0.25, -0.2) is 13.4 Å². The highest BCUT2D eigenvalue weighted by molar-refractivity contribution is 7.90. The van der Waals surface area contributed by atoms with E-state index in [2.05, 4.69) is 22.5 Å². The van der Waals surface area contributed by atoms with Gasteiger partial charge in [0.25, 0.3) is 5.91 Å². The molecule has 0 radical (unpaired) electrons. The molecule has 3 heterocycles. The second kappa shape index (κ2) is 6.18. The van der Waals surface area contributed by atoms with E-state index in [1.165, 1.54) is 4.40 Å². The van der Waals surface area contributed by atoms with Crippen molar-refractivity contribution < 1.29 is 13.2 Å². The van der Waals surface area contributed by atoms with E-state index < -0.39 is 9.84 Å². The van der Waals surface area contributed by atoms with Crippen molar-refractivity contribution in [3.8, 4) is 0 Å². The van der Waals surface area contributed by atoms with Gasteiger partial charge in [-0.1, -0.05) is 13.0 Å². The van der Waals surface area contributed by atoms with Gasteiger partial charge in [0.05, 0.1) is 5.52 Å². The van der Waals surface area contributed by atoms with E-state index in [4.69, 9.17) is 0 Å². The van der Waals surface area contributed by atoms with Crippen LogP contribution in [0.5, 0.6) is 0 Å². The van der Waals surface area contributed by atoms with Gasteiger partial charge in [-0.05, 0) is 43.5 Å². The zero-order valence-corrected chi connectivity index (χ0v) is 14.7. The van der Waals surface area contributed by atoms with E-state index in [1.54, 1.807) is 24.4 Å². The smallest absolute Gasteiger partial charge is 0.272 e. The molecule has 2 aromatic rings. The fraction of sp³-hybridized carbons (Fsp3) is 0.500. The Morgan fingerprint density at radius 3 is 2.75 bits per heavy atom. The van der Waals surface area contributed by atoms with Crippen LogP contribution in [-0.4, -0.2) is 49.6 Å². The summed E-state index contributed by atoms with van der Waals surface area (Å²) in [5.41, 5.74) is 0.690. The number of aromatic nitrogens is 2. The third kappa shape index (κ3) is 3.29. The molecule has 3 rings (SSSR count). The van der Waals surface area contributed by atoms with Crippen molar-refractivity contribution in [3.63, 3.8) is 0 Å². The SMILES string of the molecule is CC1(CNC(=O)c2nc(S(C)(=O)=O)n3ccccc23)CCNCC1. The molecule has 0 aromatic carbocycles. The minimum atomic E-state index is -3.53. The summed E-state index contributed by atoms with van der Waals surface area (Å²) in [7, 11) is -3.53. The van der Waals surface area contributed by atoms with Crippen LogP contribution in [0.2, 0.25) is 0 Å². The average Bonchev–Trinajstić information content (AvgIpc) is 2.93. The molecule has 1 saturated heterocycles. The average molecular weight is 350 g/mol. The molecule has 24 heavy (non-hydrogen) atoms. The predicted molar refractivity (Wildman–Crippen MR) is 90.8 cm³/mol. The molecule has 8 heteroatoms. The number of amides is 1. The molecule has 0 unspecified atom stereocenters. The van der Waals surface area contributed by atoms with Gasteiger partial charge in [-0.2, -0.15) is 0 Å². The second-order valence-electron chi connectivity index (χ2n) is 6.71. The number of nitrogens with one attached hydrogen (secondary N) is 2. The van der Waals surface area contributed by atoms with E-state index in [9.17, 15) is 13.2 Å². The molecule has 2 aromatic heterocycles. The van der Waals surface area contributed by atoms with Gasteiger partial charge >= 0.3 is 0 Å². The largest absolute Gasteiger partial charge is 0.350 e. The van der Waals surface area contributed by atoms with Gasteiger partial charge in [0.1, 0.15) is 0 Å². The summed E-state index contributed by atoms with van der Waals surface area (Å²) >= 11 is 0. The van der Waals surface area contributed by atoms with Gasteiger partial charge in [0.2, 0.25) is 15.0 Å². The van der Waals surface area contributed by atoms with E-state index in [0.29, 0.717) is 12.1 Å². The van der Waals surface area contributed by atoms with Crippen molar-refractivity contribution in [1.29, 1.82) is 0 Å². The molecule has 2 N–H and O–H groups in total. The van der Waals surface area contributed by atoms with Crippen LogP contribution >= 0.6 is 0 Å². The fourth-order valence-electron chi connectivity index (χ4n) is 3.02. The first kappa shape index (κ1) is 16.9. The number of carbonyl (C=O) groups excluding carboxylic acids is 1. The van der Waals surface area contributed by atoms with Crippen molar-refractivity contribution in [2.45, 2.75) is 24.9 Å². The lowest BCUT2D eigenvalue weighted by Crippen LogP contribution is -2.43. The number of pyridine rings is 1. The Hall–Kier alpha value is -1.93. The molecule has 1 aliphatic heterocycles. The van der Waals surface area contributed by atoms with Gasteiger partial charge < -0.3 is 10.6 Å². The zero-order chi connectivity index (χ0) is 17.4. The first-order chi connectivity index (χ1) is 11.3. The number of imidazole rings is 1. The zero-order valence-electron chi connectivity index (χ0n) is 13.9. The van der Waals surface area contributed by atoms with Gasteiger partial charge in [0, 0.05) is 19.0 Å². The minimum absolute atomic E-state index is 0.0517. The molecule has 1 fully saturated rings. The topological polar surface area (TPSA) is 92.6 Å². The number of hydrogen-bond acceptors (Lipinski definition) is 5. The van der Waals surface area contributed by atoms with E-state index in [1.807, 2.05) is 0 Å². The first-order valence-electron chi connectivity index (χ1n) is 7.96. The van der Waals surface area contributed by atoms with Crippen LogP contribution in [0.25, 0.3) is 5.52 Å². The molecule has 0 saturated carbocycles. The van der Waals surface area contributed by atoms with Crippen molar-refractivity contribution in [1.82, 2.24) is 20.0 Å². The summed E-state index contributed by atoms with van der Waals surface area (Å²) in [6.45, 7) is 4.59. The number of rotatable bonds is 4. The maximum atomic E-state index is 12.6. The lowest BCUT2D eigenvalue weighted by molar-refractivity contribution is 0.0919. The molecule has 0 bridgehead atoms. The highest BCUT2D eigenvalue weighted by Crippen LogP contribution is 2.27. The van der Waals surface area contributed by atoms with Crippen LogP contribution in [0.1, 0.15) is 30.3 Å². The van der Waals surface area contributed by atoms with Crippen LogP contribution in [0.4, 0.5) is 0 Å². The lowest BCUT2D eigenvalue weighted by Gasteiger charge is -2.34. The van der Waals surface area contributed by atoms with Crippen LogP contribution in [-0.2, 0) is 9.84 Å². The third-order valence-electron chi connectivity index (χ3n) is 4.55.